The molecule has 0 heterocycles. The standard InChI is InChI=1S/C11H21NO2/c1-9(2)14-10(13)6-7-12-8-11(3,4)5/h12H,1,6-8H2,2-5H3. The molecule has 0 radical (unpaired) electrons. The fourth-order valence-electron chi connectivity index (χ4n) is 0.899. The van der Waals surface area contributed by atoms with Crippen LogP contribution in [0.5, 0.6) is 0 Å². The number of rotatable bonds is 5. The summed E-state index contributed by atoms with van der Waals surface area (Å²) >= 11 is 0. The predicted octanol–water partition coefficient (Wildman–Crippen LogP) is 2.09. The molecule has 0 atom stereocenters. The number of carbonyl (C=O) groups is 1. The molecule has 3 heteroatoms. The first-order valence-corrected chi connectivity index (χ1v) is 4.88. The third-order valence-corrected chi connectivity index (χ3v) is 1.45. The van der Waals surface area contributed by atoms with Gasteiger partial charge in [0.25, 0.3) is 0 Å². The smallest absolute Gasteiger partial charge is 0.312 e. The Labute approximate surface area is 86.5 Å². The van der Waals surface area contributed by atoms with Crippen LogP contribution in [-0.2, 0) is 9.53 Å². The summed E-state index contributed by atoms with van der Waals surface area (Å²) in [6.07, 6.45) is 0.392. The summed E-state index contributed by atoms with van der Waals surface area (Å²) in [6.45, 7) is 13.2. The van der Waals surface area contributed by atoms with E-state index < -0.39 is 0 Å². The summed E-state index contributed by atoms with van der Waals surface area (Å²) in [6, 6.07) is 0. The normalized spacial score (nSPS) is 11.1. The van der Waals surface area contributed by atoms with Crippen LogP contribution in [0.4, 0.5) is 0 Å². The van der Waals surface area contributed by atoms with E-state index in [1.165, 1.54) is 0 Å². The van der Waals surface area contributed by atoms with E-state index in [9.17, 15) is 4.79 Å². The minimum atomic E-state index is -0.223. The second-order valence-corrected chi connectivity index (χ2v) is 4.66. The molecule has 1 N–H and O–H groups in total. The molecule has 0 saturated heterocycles. The second kappa shape index (κ2) is 5.81. The van der Waals surface area contributed by atoms with Gasteiger partial charge in [0, 0.05) is 13.1 Å². The molecule has 3 nitrogen and oxygen atoms in total. The largest absolute Gasteiger partial charge is 0.432 e. The van der Waals surface area contributed by atoms with Gasteiger partial charge in [-0.2, -0.15) is 0 Å². The molecule has 0 bridgehead atoms. The average Bonchev–Trinajstić information content (AvgIpc) is 1.95. The molecule has 0 rings (SSSR count). The van der Waals surface area contributed by atoms with Gasteiger partial charge in [0.1, 0.15) is 0 Å². The van der Waals surface area contributed by atoms with E-state index in [1.54, 1.807) is 6.92 Å². The quantitative estimate of drug-likeness (QED) is 0.418. The van der Waals surface area contributed by atoms with Crippen molar-refractivity contribution in [2.45, 2.75) is 34.1 Å². The number of ether oxygens (including phenoxy) is 1. The lowest BCUT2D eigenvalue weighted by molar-refractivity contribution is -0.139. The maximum Gasteiger partial charge on any atom is 0.312 e. The van der Waals surface area contributed by atoms with Crippen molar-refractivity contribution >= 4 is 5.97 Å². The van der Waals surface area contributed by atoms with Gasteiger partial charge < -0.3 is 10.1 Å². The molecule has 0 amide bonds. The summed E-state index contributed by atoms with van der Waals surface area (Å²) in [4.78, 5) is 11.1. The Balaban J connectivity index is 3.46. The van der Waals surface area contributed by atoms with Crippen molar-refractivity contribution in [3.05, 3.63) is 12.3 Å². The Morgan fingerprint density at radius 3 is 2.43 bits per heavy atom. The monoisotopic (exact) mass is 199 g/mol. The van der Waals surface area contributed by atoms with Gasteiger partial charge in [-0.05, 0) is 12.3 Å². The Morgan fingerprint density at radius 2 is 2.00 bits per heavy atom. The van der Waals surface area contributed by atoms with Crippen molar-refractivity contribution in [3.63, 3.8) is 0 Å². The third kappa shape index (κ3) is 9.26. The van der Waals surface area contributed by atoms with E-state index in [2.05, 4.69) is 32.7 Å². The molecule has 0 fully saturated rings. The zero-order valence-corrected chi connectivity index (χ0v) is 9.64. The molecule has 14 heavy (non-hydrogen) atoms. The van der Waals surface area contributed by atoms with E-state index in [0.717, 1.165) is 6.54 Å². The minimum Gasteiger partial charge on any atom is -0.432 e. The first-order chi connectivity index (χ1) is 6.31. The zero-order valence-electron chi connectivity index (χ0n) is 9.64. The Hall–Kier alpha value is -0.830. The van der Waals surface area contributed by atoms with Gasteiger partial charge in [0.2, 0.25) is 0 Å². The van der Waals surface area contributed by atoms with Crippen LogP contribution in [-0.4, -0.2) is 19.1 Å². The molecular weight excluding hydrogens is 178 g/mol. The van der Waals surface area contributed by atoms with Gasteiger partial charge in [-0.25, -0.2) is 0 Å². The Bertz CT molecular complexity index is 204. The summed E-state index contributed by atoms with van der Waals surface area (Å²) in [7, 11) is 0. The SMILES string of the molecule is C=C(C)OC(=O)CCNCC(C)(C)C. The van der Waals surface area contributed by atoms with Gasteiger partial charge >= 0.3 is 5.97 Å². The van der Waals surface area contributed by atoms with Crippen LogP contribution < -0.4 is 5.32 Å². The van der Waals surface area contributed by atoms with Crippen molar-refractivity contribution in [2.24, 2.45) is 5.41 Å². The van der Waals surface area contributed by atoms with Gasteiger partial charge in [-0.3, -0.25) is 4.79 Å². The molecule has 0 aliphatic heterocycles. The van der Waals surface area contributed by atoms with Crippen LogP contribution in [0.1, 0.15) is 34.1 Å². The molecule has 0 aromatic rings. The summed E-state index contributed by atoms with van der Waals surface area (Å²) in [5, 5.41) is 3.20. The lowest BCUT2D eigenvalue weighted by Crippen LogP contribution is -2.28. The highest BCUT2D eigenvalue weighted by molar-refractivity contribution is 5.70. The molecule has 82 valence electrons. The van der Waals surface area contributed by atoms with Crippen LogP contribution in [0.3, 0.4) is 0 Å². The summed E-state index contributed by atoms with van der Waals surface area (Å²) in [5.41, 5.74) is 0.248. The van der Waals surface area contributed by atoms with Gasteiger partial charge in [-0.1, -0.05) is 27.4 Å². The molecular formula is C11H21NO2. The molecule has 0 unspecified atom stereocenters. The maximum absolute atomic E-state index is 11.1. The van der Waals surface area contributed by atoms with Crippen molar-refractivity contribution in [2.75, 3.05) is 13.1 Å². The van der Waals surface area contributed by atoms with Crippen LogP contribution in [0, 0.1) is 5.41 Å². The highest BCUT2D eigenvalue weighted by Gasteiger charge is 2.09. The van der Waals surface area contributed by atoms with E-state index in [-0.39, 0.29) is 11.4 Å². The van der Waals surface area contributed by atoms with Gasteiger partial charge in [0.05, 0.1) is 12.2 Å². The molecule has 0 spiro atoms. The van der Waals surface area contributed by atoms with Crippen molar-refractivity contribution < 1.29 is 9.53 Å². The summed E-state index contributed by atoms with van der Waals surface area (Å²) < 4.78 is 4.81. The van der Waals surface area contributed by atoms with E-state index in [0.29, 0.717) is 18.7 Å². The van der Waals surface area contributed by atoms with Crippen molar-refractivity contribution in [3.8, 4) is 0 Å². The van der Waals surface area contributed by atoms with Crippen LogP contribution in [0.15, 0.2) is 12.3 Å². The lowest BCUT2D eigenvalue weighted by atomic mass is 9.97. The van der Waals surface area contributed by atoms with Crippen LogP contribution in [0.2, 0.25) is 0 Å². The Kier molecular flexibility index (Phi) is 5.46. The maximum atomic E-state index is 11.1. The van der Waals surface area contributed by atoms with E-state index in [4.69, 9.17) is 4.74 Å². The van der Waals surface area contributed by atoms with Crippen LogP contribution >= 0.6 is 0 Å². The molecule has 0 aromatic carbocycles. The number of esters is 1. The first kappa shape index (κ1) is 13.2. The van der Waals surface area contributed by atoms with E-state index >= 15 is 0 Å². The fraction of sp³-hybridized carbons (Fsp3) is 0.727. The van der Waals surface area contributed by atoms with Crippen LogP contribution in [0.25, 0.3) is 0 Å². The topological polar surface area (TPSA) is 38.3 Å². The summed E-state index contributed by atoms with van der Waals surface area (Å²) in [5.74, 6) is 0.227. The number of carbonyl (C=O) groups excluding carboxylic acids is 1. The predicted molar refractivity (Wildman–Crippen MR) is 57.8 cm³/mol. The number of nitrogens with one attached hydrogen (secondary N) is 1. The van der Waals surface area contributed by atoms with E-state index in [1.807, 2.05) is 0 Å². The highest BCUT2D eigenvalue weighted by atomic mass is 16.5. The molecule has 0 saturated carbocycles. The fourth-order valence-corrected chi connectivity index (χ4v) is 0.899. The zero-order chi connectivity index (χ0) is 11.2. The number of hydrogen-bond donors (Lipinski definition) is 1. The van der Waals surface area contributed by atoms with Crippen molar-refractivity contribution in [1.82, 2.24) is 5.32 Å². The van der Waals surface area contributed by atoms with Gasteiger partial charge in [0.15, 0.2) is 0 Å². The Morgan fingerprint density at radius 1 is 1.43 bits per heavy atom. The minimum absolute atomic E-state index is 0.223. The number of allylic oxidation sites excluding steroid dienone is 1. The molecule has 0 aromatic heterocycles. The molecule has 0 aliphatic rings. The molecule has 0 aliphatic carbocycles. The lowest BCUT2D eigenvalue weighted by Gasteiger charge is -2.18. The highest BCUT2D eigenvalue weighted by Crippen LogP contribution is 2.09. The third-order valence-electron chi connectivity index (χ3n) is 1.45. The first-order valence-electron chi connectivity index (χ1n) is 4.88. The van der Waals surface area contributed by atoms with Crippen molar-refractivity contribution in [1.29, 1.82) is 0 Å². The number of hydrogen-bond acceptors (Lipinski definition) is 3. The average molecular weight is 199 g/mol. The van der Waals surface area contributed by atoms with Gasteiger partial charge in [-0.15, -0.1) is 0 Å². The second-order valence-electron chi connectivity index (χ2n) is 4.66.